The maximum atomic E-state index is 13.8. The molecule has 2 aliphatic rings. The van der Waals surface area contributed by atoms with Gasteiger partial charge >= 0.3 is 18.5 Å². The largest absolute Gasteiger partial charge is 0.416 e. The molecular weight excluding hydrogens is 603 g/mol. The minimum Gasteiger partial charge on any atom is -0.371 e. The zero-order valence-corrected chi connectivity index (χ0v) is 24.5. The molecule has 1 fully saturated rings. The van der Waals surface area contributed by atoms with Gasteiger partial charge in [-0.15, -0.1) is 10.2 Å². The van der Waals surface area contributed by atoms with Crippen LogP contribution in [0.3, 0.4) is 0 Å². The van der Waals surface area contributed by atoms with E-state index in [0.29, 0.717) is 42.7 Å². The quantitative estimate of drug-likeness (QED) is 0.292. The van der Waals surface area contributed by atoms with E-state index < -0.39 is 41.8 Å². The van der Waals surface area contributed by atoms with E-state index in [0.717, 1.165) is 37.8 Å². The first-order valence-corrected chi connectivity index (χ1v) is 14.3. The van der Waals surface area contributed by atoms with Crippen molar-refractivity contribution in [2.45, 2.75) is 71.1 Å². The molecule has 1 aliphatic carbocycles. The van der Waals surface area contributed by atoms with Crippen LogP contribution in [-0.4, -0.2) is 36.1 Å². The van der Waals surface area contributed by atoms with Crippen LogP contribution in [-0.2, 0) is 31.6 Å². The third-order valence-electron chi connectivity index (χ3n) is 8.00. The molecule has 0 saturated heterocycles. The van der Waals surface area contributed by atoms with Gasteiger partial charge in [-0.3, -0.25) is 5.43 Å². The lowest BCUT2D eigenvalue weighted by Gasteiger charge is -2.34. The predicted octanol–water partition coefficient (Wildman–Crippen LogP) is 7.62. The van der Waals surface area contributed by atoms with Gasteiger partial charge in [-0.05, 0) is 79.1 Å². The summed E-state index contributed by atoms with van der Waals surface area (Å²) in [5.41, 5.74) is 1.79. The lowest BCUT2D eigenvalue weighted by molar-refractivity contribution is -0.143. The summed E-state index contributed by atoms with van der Waals surface area (Å²) in [6.07, 6.45) is -10.7. The van der Waals surface area contributed by atoms with Crippen LogP contribution in [0, 0.1) is 11.8 Å². The molecule has 44 heavy (non-hydrogen) atoms. The van der Waals surface area contributed by atoms with Crippen LogP contribution in [0.4, 0.5) is 45.2 Å². The maximum absolute atomic E-state index is 13.8. The van der Waals surface area contributed by atoms with E-state index in [1.54, 1.807) is 0 Å². The second kappa shape index (κ2) is 12.9. The highest BCUT2D eigenvalue weighted by Gasteiger charge is 2.37. The summed E-state index contributed by atoms with van der Waals surface area (Å²) in [6.45, 7) is 4.34. The highest BCUT2D eigenvalue weighted by Crippen LogP contribution is 2.38. The molecule has 4 rings (SSSR count). The highest BCUT2D eigenvalue weighted by molar-refractivity contribution is 5.80. The van der Waals surface area contributed by atoms with Gasteiger partial charge in [-0.25, -0.2) is 5.53 Å². The smallest absolute Gasteiger partial charge is 0.371 e. The van der Waals surface area contributed by atoms with E-state index in [1.807, 2.05) is 11.8 Å². The van der Waals surface area contributed by atoms with Gasteiger partial charge < -0.3 is 9.80 Å². The molecule has 0 atom stereocenters. The molecule has 0 spiro atoms. The first-order chi connectivity index (χ1) is 20.4. The van der Waals surface area contributed by atoms with E-state index >= 15 is 0 Å². The molecule has 0 unspecified atom stereocenters. The molecule has 1 heterocycles. The number of hydrazine groups is 2. The first kappa shape index (κ1) is 33.5. The van der Waals surface area contributed by atoms with E-state index in [4.69, 9.17) is 0 Å². The van der Waals surface area contributed by atoms with Crippen molar-refractivity contribution in [3.8, 4) is 0 Å². The minimum atomic E-state index is -5.06. The summed E-state index contributed by atoms with van der Waals surface area (Å²) < 4.78 is 123. The molecule has 0 aromatic heterocycles. The van der Waals surface area contributed by atoms with Gasteiger partial charge in [0, 0.05) is 38.9 Å². The number of benzene rings is 2. The van der Waals surface area contributed by atoms with Crippen molar-refractivity contribution >= 4 is 11.6 Å². The Morgan fingerprint density at radius 3 is 1.89 bits per heavy atom. The van der Waals surface area contributed by atoms with Gasteiger partial charge in [0.15, 0.2) is 0 Å². The Kier molecular flexibility index (Phi) is 9.86. The van der Waals surface area contributed by atoms with Crippen LogP contribution in [0.5, 0.6) is 0 Å². The Morgan fingerprint density at radius 1 is 0.795 bits per heavy atom. The van der Waals surface area contributed by atoms with Gasteiger partial charge in [-0.1, -0.05) is 19.8 Å². The fraction of sp³-hybridized carbons (Fsp3) is 0.552. The lowest BCUT2D eigenvalue weighted by Crippen LogP contribution is -2.44. The van der Waals surface area contributed by atoms with Crippen LogP contribution in [0.15, 0.2) is 41.5 Å². The number of anilines is 1. The number of nitrogens with one attached hydrogen (secondary N) is 2. The van der Waals surface area contributed by atoms with Crippen molar-refractivity contribution < 1.29 is 39.5 Å². The Bertz CT molecular complexity index is 1280. The second-order valence-electron chi connectivity index (χ2n) is 11.5. The third kappa shape index (κ3) is 8.42. The molecule has 2 aromatic carbocycles. The Morgan fingerprint density at radius 2 is 1.39 bits per heavy atom. The molecule has 0 amide bonds. The SMILES string of the molecule is CCN(CC1CCC(C)CC1)c1ccc(C(F)(F)F)cc1CN(Cc1cc(C(F)(F)F)cc(C(F)(F)F)c1)C1=NNN(C)N1. The molecule has 15 heteroatoms. The zero-order valence-electron chi connectivity index (χ0n) is 24.5. The molecule has 2 N–H and O–H groups in total. The van der Waals surface area contributed by atoms with Gasteiger partial charge in [0.25, 0.3) is 0 Å². The fourth-order valence-corrected chi connectivity index (χ4v) is 5.62. The Hall–Kier alpha value is -3.36. The first-order valence-electron chi connectivity index (χ1n) is 14.3. The summed E-state index contributed by atoms with van der Waals surface area (Å²) in [7, 11) is 1.51. The summed E-state index contributed by atoms with van der Waals surface area (Å²) in [4.78, 5) is 3.29. The average Bonchev–Trinajstić information content (AvgIpc) is 3.37. The monoisotopic (exact) mass is 638 g/mol. The molecule has 1 saturated carbocycles. The fourth-order valence-electron chi connectivity index (χ4n) is 5.62. The third-order valence-corrected chi connectivity index (χ3v) is 8.00. The summed E-state index contributed by atoms with van der Waals surface area (Å²) in [5, 5.41) is 5.33. The molecule has 0 radical (unpaired) electrons. The van der Waals surface area contributed by atoms with E-state index in [9.17, 15) is 39.5 Å². The number of alkyl halides is 9. The van der Waals surface area contributed by atoms with Crippen molar-refractivity contribution in [3.05, 3.63) is 64.2 Å². The summed E-state index contributed by atoms with van der Waals surface area (Å²) >= 11 is 0. The van der Waals surface area contributed by atoms with Crippen LogP contribution in [0.25, 0.3) is 0 Å². The minimum absolute atomic E-state index is 0.00569. The van der Waals surface area contributed by atoms with E-state index in [2.05, 4.69) is 23.0 Å². The van der Waals surface area contributed by atoms with Crippen molar-refractivity contribution in [3.63, 3.8) is 0 Å². The van der Waals surface area contributed by atoms with Gasteiger partial charge in [0.2, 0.25) is 5.96 Å². The molecule has 0 bridgehead atoms. The van der Waals surface area contributed by atoms with Crippen LogP contribution >= 0.6 is 0 Å². The number of rotatable bonds is 8. The van der Waals surface area contributed by atoms with Crippen LogP contribution in [0.2, 0.25) is 0 Å². The van der Waals surface area contributed by atoms with Gasteiger partial charge in [0.1, 0.15) is 0 Å². The highest BCUT2D eigenvalue weighted by atomic mass is 19.4. The summed E-state index contributed by atoms with van der Waals surface area (Å²) in [5.74, 6) is 0.949. The molecular formula is C29H35F9N6. The van der Waals surface area contributed by atoms with E-state index in [1.165, 1.54) is 23.1 Å². The van der Waals surface area contributed by atoms with Crippen LogP contribution in [0.1, 0.15) is 67.3 Å². The number of hydrogen-bond donors (Lipinski definition) is 2. The number of hydrazone groups is 1. The predicted molar refractivity (Wildman–Crippen MR) is 148 cm³/mol. The molecule has 1 aliphatic heterocycles. The van der Waals surface area contributed by atoms with E-state index in [-0.39, 0.29) is 29.7 Å². The Balaban J connectivity index is 1.75. The van der Waals surface area contributed by atoms with Crippen molar-refractivity contribution in [2.75, 3.05) is 25.0 Å². The number of hydrogen-bond acceptors (Lipinski definition) is 6. The second-order valence-corrected chi connectivity index (χ2v) is 11.5. The average molecular weight is 639 g/mol. The van der Waals surface area contributed by atoms with Crippen molar-refractivity contribution in [1.82, 2.24) is 21.0 Å². The Labute approximate surface area is 249 Å². The van der Waals surface area contributed by atoms with Gasteiger partial charge in [-0.2, -0.15) is 39.5 Å². The van der Waals surface area contributed by atoms with Crippen molar-refractivity contribution in [2.24, 2.45) is 16.9 Å². The molecule has 2 aromatic rings. The topological polar surface area (TPSA) is 46.1 Å². The number of guanidine groups is 1. The van der Waals surface area contributed by atoms with Gasteiger partial charge in [0.05, 0.1) is 16.7 Å². The molecule has 244 valence electrons. The lowest BCUT2D eigenvalue weighted by atomic mass is 9.82. The standard InChI is InChI=1S/C29H35F9N6/c1-4-43(15-19-7-5-18(2)6-8-19)25-10-9-22(27(30,31)32)13-21(25)17-44(26-39-41-42(3)40-26)16-20-11-23(28(33,34)35)14-24(12-20)29(36,37)38/h9-14,18-19,41H,4-8,15-17H2,1-3H3,(H,39,40). The number of nitrogens with zero attached hydrogens (tertiary/aromatic N) is 4. The zero-order chi connectivity index (χ0) is 32.4. The molecule has 6 nitrogen and oxygen atoms in total. The maximum Gasteiger partial charge on any atom is 0.416 e. The number of halogens is 9. The normalized spacial score (nSPS) is 19.8. The summed E-state index contributed by atoms with van der Waals surface area (Å²) in [6, 6.07) is 4.58. The van der Waals surface area contributed by atoms with Crippen molar-refractivity contribution in [1.29, 1.82) is 0 Å². The van der Waals surface area contributed by atoms with Crippen LogP contribution < -0.4 is 15.9 Å².